The molecule has 0 spiro atoms. The van der Waals surface area contributed by atoms with E-state index in [1.54, 1.807) is 0 Å². The van der Waals surface area contributed by atoms with Gasteiger partial charge in [0.25, 0.3) is 0 Å². The summed E-state index contributed by atoms with van der Waals surface area (Å²) in [6.07, 6.45) is 6.49. The van der Waals surface area contributed by atoms with E-state index < -0.39 is 0 Å². The molecule has 0 amide bonds. The van der Waals surface area contributed by atoms with E-state index in [1.165, 1.54) is 25.7 Å². The quantitative estimate of drug-likeness (QED) is 0.373. The largest absolute Gasteiger partial charge is 0.494 e. The van der Waals surface area contributed by atoms with Gasteiger partial charge in [-0.15, -0.1) is 0 Å². The number of rotatable bonds is 14. The van der Waals surface area contributed by atoms with Gasteiger partial charge in [0.05, 0.1) is 12.7 Å². The molecule has 0 aliphatic rings. The average molecular weight is 385 g/mol. The molecule has 0 heterocycles. The zero-order valence-electron chi connectivity index (χ0n) is 17.7. The lowest BCUT2D eigenvalue weighted by atomic mass is 10.2. The van der Waals surface area contributed by atoms with Crippen LogP contribution in [0.5, 0.6) is 11.5 Å². The molecule has 0 saturated carbocycles. The van der Waals surface area contributed by atoms with Crippen LogP contribution in [0.4, 0.5) is 11.4 Å². The van der Waals surface area contributed by atoms with Crippen molar-refractivity contribution in [2.75, 3.05) is 30.3 Å². The molecule has 4 heteroatoms. The van der Waals surface area contributed by atoms with Gasteiger partial charge in [0.2, 0.25) is 0 Å². The van der Waals surface area contributed by atoms with Crippen LogP contribution in [0, 0.1) is 0 Å². The molecular formula is C24H36N2O2. The molecule has 0 aliphatic heterocycles. The van der Waals surface area contributed by atoms with Gasteiger partial charge in [-0.05, 0) is 56.7 Å². The van der Waals surface area contributed by atoms with Gasteiger partial charge in [0.1, 0.15) is 11.5 Å². The molecule has 154 valence electrons. The smallest absolute Gasteiger partial charge is 0.121 e. The summed E-state index contributed by atoms with van der Waals surface area (Å²) in [5.74, 6) is 1.84. The van der Waals surface area contributed by atoms with Crippen molar-refractivity contribution in [1.29, 1.82) is 0 Å². The van der Waals surface area contributed by atoms with Crippen LogP contribution in [0.25, 0.3) is 0 Å². The van der Waals surface area contributed by atoms with Crippen LogP contribution in [0.2, 0.25) is 0 Å². The van der Waals surface area contributed by atoms with Gasteiger partial charge in [0, 0.05) is 30.5 Å². The molecule has 2 aromatic carbocycles. The highest BCUT2D eigenvalue weighted by Gasteiger charge is 1.99. The summed E-state index contributed by atoms with van der Waals surface area (Å²) in [6.45, 7) is 8.78. The molecule has 28 heavy (non-hydrogen) atoms. The highest BCUT2D eigenvalue weighted by atomic mass is 16.5. The van der Waals surface area contributed by atoms with Gasteiger partial charge in [-0.2, -0.15) is 0 Å². The van der Waals surface area contributed by atoms with E-state index in [0.29, 0.717) is 0 Å². The van der Waals surface area contributed by atoms with Crippen molar-refractivity contribution in [1.82, 2.24) is 0 Å². The standard InChI is InChI=1S/C24H36N2O2/c1-4-5-6-7-8-18-27-24-11-9-10-22(19-24)26-17-16-25-21-12-14-23(15-13-21)28-20(2)3/h9-15,19-20,25-26H,4-8,16-18H2,1-3H3. The maximum Gasteiger partial charge on any atom is 0.121 e. The molecular weight excluding hydrogens is 348 g/mol. The molecule has 0 fully saturated rings. The maximum absolute atomic E-state index is 5.87. The van der Waals surface area contributed by atoms with E-state index in [9.17, 15) is 0 Å². The van der Waals surface area contributed by atoms with E-state index in [1.807, 2.05) is 50.2 Å². The number of benzene rings is 2. The Kier molecular flexibility index (Phi) is 10.1. The average Bonchev–Trinajstić information content (AvgIpc) is 2.69. The van der Waals surface area contributed by atoms with Crippen molar-refractivity contribution < 1.29 is 9.47 Å². The van der Waals surface area contributed by atoms with E-state index >= 15 is 0 Å². The van der Waals surface area contributed by atoms with Crippen molar-refractivity contribution in [2.45, 2.75) is 59.0 Å². The van der Waals surface area contributed by atoms with Crippen molar-refractivity contribution >= 4 is 11.4 Å². The Labute approximate surface area is 170 Å². The molecule has 0 radical (unpaired) electrons. The zero-order valence-corrected chi connectivity index (χ0v) is 17.7. The highest BCUT2D eigenvalue weighted by Crippen LogP contribution is 2.18. The third-order valence-electron chi connectivity index (χ3n) is 4.36. The Balaban J connectivity index is 1.64. The second-order valence-corrected chi connectivity index (χ2v) is 7.34. The number of unbranched alkanes of at least 4 members (excludes halogenated alkanes) is 4. The lowest BCUT2D eigenvalue weighted by Gasteiger charge is -2.12. The summed E-state index contributed by atoms with van der Waals surface area (Å²) < 4.78 is 11.5. The Morgan fingerprint density at radius 2 is 1.50 bits per heavy atom. The van der Waals surface area contributed by atoms with E-state index in [4.69, 9.17) is 9.47 Å². The maximum atomic E-state index is 5.87. The minimum Gasteiger partial charge on any atom is -0.494 e. The molecule has 4 nitrogen and oxygen atoms in total. The van der Waals surface area contributed by atoms with E-state index in [0.717, 1.165) is 49.0 Å². The Morgan fingerprint density at radius 1 is 0.786 bits per heavy atom. The Morgan fingerprint density at radius 3 is 2.21 bits per heavy atom. The fraction of sp³-hybridized carbons (Fsp3) is 0.500. The summed E-state index contributed by atoms with van der Waals surface area (Å²) >= 11 is 0. The van der Waals surface area contributed by atoms with Gasteiger partial charge in [0.15, 0.2) is 0 Å². The Hall–Kier alpha value is -2.36. The minimum atomic E-state index is 0.198. The molecule has 0 bridgehead atoms. The molecule has 2 N–H and O–H groups in total. The fourth-order valence-corrected chi connectivity index (χ4v) is 2.93. The number of hydrogen-bond donors (Lipinski definition) is 2. The first-order chi connectivity index (χ1) is 13.7. The summed E-state index contributed by atoms with van der Waals surface area (Å²) in [5.41, 5.74) is 2.18. The first kappa shape index (κ1) is 21.9. The number of anilines is 2. The van der Waals surface area contributed by atoms with E-state index in [-0.39, 0.29) is 6.10 Å². The second-order valence-electron chi connectivity index (χ2n) is 7.34. The van der Waals surface area contributed by atoms with Crippen LogP contribution < -0.4 is 20.1 Å². The molecule has 0 aliphatic carbocycles. The molecule has 0 atom stereocenters. The van der Waals surface area contributed by atoms with Crippen LogP contribution in [0.1, 0.15) is 52.9 Å². The summed E-state index contributed by atoms with van der Waals surface area (Å²) in [6, 6.07) is 16.3. The molecule has 0 aromatic heterocycles. The van der Waals surface area contributed by atoms with Crippen LogP contribution in [-0.4, -0.2) is 25.8 Å². The zero-order chi connectivity index (χ0) is 20.0. The van der Waals surface area contributed by atoms with Gasteiger partial charge in [-0.3, -0.25) is 0 Å². The predicted octanol–water partition coefficient (Wildman–Crippen LogP) is 6.35. The first-order valence-corrected chi connectivity index (χ1v) is 10.6. The van der Waals surface area contributed by atoms with Gasteiger partial charge < -0.3 is 20.1 Å². The minimum absolute atomic E-state index is 0.198. The summed E-state index contributed by atoms with van der Waals surface area (Å²) in [4.78, 5) is 0. The van der Waals surface area contributed by atoms with Gasteiger partial charge in [-0.1, -0.05) is 38.7 Å². The topological polar surface area (TPSA) is 42.5 Å². The molecule has 0 unspecified atom stereocenters. The third kappa shape index (κ3) is 9.03. The van der Waals surface area contributed by atoms with Crippen molar-refractivity contribution in [3.8, 4) is 11.5 Å². The fourth-order valence-electron chi connectivity index (χ4n) is 2.93. The number of ether oxygens (including phenoxy) is 2. The van der Waals surface area contributed by atoms with E-state index in [2.05, 4.69) is 29.7 Å². The lowest BCUT2D eigenvalue weighted by Crippen LogP contribution is -2.13. The molecule has 2 rings (SSSR count). The van der Waals surface area contributed by atoms with Crippen molar-refractivity contribution in [3.05, 3.63) is 48.5 Å². The van der Waals surface area contributed by atoms with Crippen LogP contribution in [0.3, 0.4) is 0 Å². The lowest BCUT2D eigenvalue weighted by molar-refractivity contribution is 0.242. The third-order valence-corrected chi connectivity index (χ3v) is 4.36. The van der Waals surface area contributed by atoms with Crippen LogP contribution in [0.15, 0.2) is 48.5 Å². The summed E-state index contributed by atoms with van der Waals surface area (Å²) in [5, 5.41) is 6.86. The van der Waals surface area contributed by atoms with Crippen LogP contribution >= 0.6 is 0 Å². The van der Waals surface area contributed by atoms with Gasteiger partial charge in [-0.25, -0.2) is 0 Å². The summed E-state index contributed by atoms with van der Waals surface area (Å²) in [7, 11) is 0. The number of hydrogen-bond acceptors (Lipinski definition) is 4. The van der Waals surface area contributed by atoms with Crippen molar-refractivity contribution in [2.24, 2.45) is 0 Å². The van der Waals surface area contributed by atoms with Crippen LogP contribution in [-0.2, 0) is 0 Å². The second kappa shape index (κ2) is 12.9. The number of nitrogens with one attached hydrogen (secondary N) is 2. The monoisotopic (exact) mass is 384 g/mol. The van der Waals surface area contributed by atoms with Crippen molar-refractivity contribution in [3.63, 3.8) is 0 Å². The SMILES string of the molecule is CCCCCCCOc1cccc(NCCNc2ccc(OC(C)C)cc2)c1. The normalized spacial score (nSPS) is 10.7. The van der Waals surface area contributed by atoms with Gasteiger partial charge >= 0.3 is 0 Å². The Bertz CT molecular complexity index is 656. The highest BCUT2D eigenvalue weighted by molar-refractivity contribution is 5.49. The molecule has 2 aromatic rings. The predicted molar refractivity (Wildman–Crippen MR) is 120 cm³/mol. The first-order valence-electron chi connectivity index (χ1n) is 10.6. The molecule has 0 saturated heterocycles.